The normalized spacial score (nSPS) is 30.3. The second-order valence-electron chi connectivity index (χ2n) is 14.7. The summed E-state index contributed by atoms with van der Waals surface area (Å²) in [5.74, 6) is 0.148. The topological polar surface area (TPSA) is 74.6 Å². The molecule has 0 aromatic heterocycles. The lowest BCUT2D eigenvalue weighted by Crippen LogP contribution is -2.36. The Morgan fingerprint density at radius 1 is 0.477 bits per heavy atom. The molecule has 0 aliphatic heterocycles. The fourth-order valence-corrected chi connectivity index (χ4v) is 6.26. The van der Waals surface area contributed by atoms with Crippen LogP contribution in [0.15, 0.2) is 107 Å². The molecule has 0 amide bonds. The third-order valence-corrected chi connectivity index (χ3v) is 10.1. The molecule has 2 saturated carbocycles. The van der Waals surface area contributed by atoms with Gasteiger partial charge in [-0.3, -0.25) is 9.59 Å². The van der Waals surface area contributed by atoms with Crippen LogP contribution in [0, 0.1) is 21.7 Å². The number of rotatable bonds is 12. The molecule has 0 saturated heterocycles. The number of aliphatic hydroxyl groups is 2. The van der Waals surface area contributed by atoms with E-state index in [1.807, 2.05) is 114 Å². The van der Waals surface area contributed by atoms with Crippen molar-refractivity contribution >= 4 is 11.6 Å². The Hall–Kier alpha value is -3.08. The minimum atomic E-state index is -0.542. The van der Waals surface area contributed by atoms with E-state index in [4.69, 9.17) is 0 Å². The zero-order chi connectivity index (χ0) is 33.3. The minimum absolute atomic E-state index is 0.0742. The molecule has 0 aromatic rings. The van der Waals surface area contributed by atoms with Crippen LogP contribution in [0.3, 0.4) is 0 Å². The zero-order valence-electron chi connectivity index (χ0n) is 28.8. The first-order valence-electron chi connectivity index (χ1n) is 15.9. The predicted octanol–water partition coefficient (Wildman–Crippen LogP) is 9.07. The van der Waals surface area contributed by atoms with Crippen molar-refractivity contribution < 1.29 is 19.8 Å². The number of carbonyl (C=O) groups excluding carboxylic acids is 2. The van der Waals surface area contributed by atoms with Crippen molar-refractivity contribution in [2.75, 3.05) is 0 Å². The van der Waals surface area contributed by atoms with E-state index in [0.717, 1.165) is 22.3 Å². The molecule has 2 N–H and O–H groups in total. The first kappa shape index (κ1) is 37.1. The maximum absolute atomic E-state index is 12.9. The molecule has 4 nitrogen and oxygen atoms in total. The Morgan fingerprint density at radius 2 is 0.773 bits per heavy atom. The maximum Gasteiger partial charge on any atom is 0.162 e. The largest absolute Gasteiger partial charge is 0.393 e. The fraction of sp³-hybridized carbons (Fsp3) is 0.500. The molecular weight excluding hydrogens is 544 g/mol. The van der Waals surface area contributed by atoms with Gasteiger partial charge in [-0.05, 0) is 76.4 Å². The van der Waals surface area contributed by atoms with Gasteiger partial charge >= 0.3 is 0 Å². The second kappa shape index (κ2) is 15.3. The van der Waals surface area contributed by atoms with Crippen LogP contribution in [0.1, 0.15) is 94.9 Å². The van der Waals surface area contributed by atoms with Gasteiger partial charge in [-0.25, -0.2) is 0 Å². The lowest BCUT2D eigenvalue weighted by atomic mass is 9.66. The van der Waals surface area contributed by atoms with Crippen molar-refractivity contribution in [3.8, 4) is 0 Å². The van der Waals surface area contributed by atoms with Gasteiger partial charge in [0.1, 0.15) is 0 Å². The van der Waals surface area contributed by atoms with E-state index in [2.05, 4.69) is 27.7 Å². The summed E-state index contributed by atoms with van der Waals surface area (Å²) in [5, 5.41) is 20.2. The van der Waals surface area contributed by atoms with Gasteiger partial charge in [-0.15, -0.1) is 0 Å². The summed E-state index contributed by atoms with van der Waals surface area (Å²) >= 11 is 0. The number of aliphatic hydroxyl groups excluding tert-OH is 2. The molecule has 2 fully saturated rings. The van der Waals surface area contributed by atoms with Crippen LogP contribution in [0.25, 0.3) is 0 Å². The van der Waals surface area contributed by atoms with Crippen LogP contribution in [-0.4, -0.2) is 34.0 Å². The van der Waals surface area contributed by atoms with Gasteiger partial charge in [-0.1, -0.05) is 137 Å². The van der Waals surface area contributed by atoms with Crippen molar-refractivity contribution in [3.63, 3.8) is 0 Å². The van der Waals surface area contributed by atoms with Gasteiger partial charge < -0.3 is 10.2 Å². The highest BCUT2D eigenvalue weighted by atomic mass is 16.3. The number of carbonyl (C=O) groups is 2. The molecule has 44 heavy (non-hydrogen) atoms. The van der Waals surface area contributed by atoms with Gasteiger partial charge in [-0.2, -0.15) is 0 Å². The molecule has 0 bridgehead atoms. The molecule has 4 heteroatoms. The smallest absolute Gasteiger partial charge is 0.162 e. The minimum Gasteiger partial charge on any atom is -0.393 e. The summed E-state index contributed by atoms with van der Waals surface area (Å²) in [7, 11) is 0. The predicted molar refractivity (Wildman–Crippen MR) is 185 cm³/mol. The maximum atomic E-state index is 12.9. The molecule has 2 rings (SSSR count). The average molecular weight is 601 g/mol. The Bertz CT molecular complexity index is 1230. The van der Waals surface area contributed by atoms with Gasteiger partial charge in [0.05, 0.1) is 12.2 Å². The van der Waals surface area contributed by atoms with Crippen molar-refractivity contribution in [2.24, 2.45) is 21.7 Å². The van der Waals surface area contributed by atoms with E-state index in [-0.39, 0.29) is 22.4 Å². The zero-order valence-corrected chi connectivity index (χ0v) is 28.8. The number of hydrogen-bond donors (Lipinski definition) is 2. The summed E-state index contributed by atoms with van der Waals surface area (Å²) in [5.41, 5.74) is 2.65. The third kappa shape index (κ3) is 9.71. The molecule has 2 aliphatic carbocycles. The first-order chi connectivity index (χ1) is 20.3. The Kier molecular flexibility index (Phi) is 12.9. The van der Waals surface area contributed by atoms with Crippen molar-refractivity contribution in [1.82, 2.24) is 0 Å². The molecule has 4 atom stereocenters. The molecule has 0 heterocycles. The van der Waals surface area contributed by atoms with Crippen molar-refractivity contribution in [1.29, 1.82) is 0 Å². The molecule has 240 valence electrons. The van der Waals surface area contributed by atoms with Gasteiger partial charge in [0.25, 0.3) is 0 Å². The van der Waals surface area contributed by atoms with Crippen LogP contribution in [-0.2, 0) is 9.59 Å². The van der Waals surface area contributed by atoms with Gasteiger partial charge in [0.15, 0.2) is 11.6 Å². The highest BCUT2D eigenvalue weighted by Gasteiger charge is 2.53. The summed E-state index contributed by atoms with van der Waals surface area (Å²) in [6, 6.07) is 0. The number of allylic oxidation sites excluding steroid dienone is 18. The Labute approximate surface area is 267 Å². The fourth-order valence-electron chi connectivity index (χ4n) is 6.26. The summed E-state index contributed by atoms with van der Waals surface area (Å²) in [4.78, 5) is 25.9. The van der Waals surface area contributed by atoms with E-state index in [1.165, 1.54) is 0 Å². The van der Waals surface area contributed by atoms with Gasteiger partial charge in [0.2, 0.25) is 0 Å². The molecule has 0 unspecified atom stereocenters. The van der Waals surface area contributed by atoms with E-state index < -0.39 is 23.0 Å². The van der Waals surface area contributed by atoms with E-state index in [9.17, 15) is 19.8 Å². The van der Waals surface area contributed by atoms with Gasteiger partial charge in [0, 0.05) is 10.8 Å². The Morgan fingerprint density at radius 3 is 1.07 bits per heavy atom. The monoisotopic (exact) mass is 600 g/mol. The first-order valence-corrected chi connectivity index (χ1v) is 15.9. The third-order valence-electron chi connectivity index (χ3n) is 10.1. The second-order valence-corrected chi connectivity index (χ2v) is 14.7. The molecule has 0 spiro atoms. The van der Waals surface area contributed by atoms with E-state index in [0.29, 0.717) is 25.7 Å². The van der Waals surface area contributed by atoms with Crippen LogP contribution < -0.4 is 0 Å². The Balaban J connectivity index is 1.87. The molecule has 2 aliphatic rings. The quantitative estimate of drug-likeness (QED) is 0.173. The van der Waals surface area contributed by atoms with Crippen LogP contribution in [0.4, 0.5) is 0 Å². The average Bonchev–Trinajstić information content (AvgIpc) is 3.27. The van der Waals surface area contributed by atoms with Crippen LogP contribution in [0.2, 0.25) is 0 Å². The standard InChI is InChI=1S/C40H56O4/c1-29(17-13-19-31(3)21-23-35(43)39(9)27-33(41)25-37(39,5)6)15-11-12-16-30(2)18-14-20-32(4)22-24-36(44)40(10)28-34(42)26-38(40,7)8/h11-24,33-34,41-42H,25-28H2,1-10H3/b12-11+,17-13+,18-14+,23-21+,24-22+,29-15-,30-16-,31-19-,32-20-/t33-,34-,39-,40-/m0/s1. The SMILES string of the molecule is CC(=C/C=C/C=C(C)\C=C\C=C(C)/C=C/C(=O)[C@]1(C)C[C@@H](O)CC1(C)C)/C=C/C=C(C)\C=C\C(=O)[C@]1(C)C[C@@H](O)CC1(C)C. The van der Waals surface area contributed by atoms with Crippen LogP contribution in [0.5, 0.6) is 0 Å². The summed E-state index contributed by atoms with van der Waals surface area (Å²) in [6.07, 6.45) is 28.6. The summed E-state index contributed by atoms with van der Waals surface area (Å²) < 4.78 is 0. The lowest BCUT2D eigenvalue weighted by Gasteiger charge is -2.35. The molecule has 0 aromatic carbocycles. The number of ketones is 2. The lowest BCUT2D eigenvalue weighted by molar-refractivity contribution is -0.128. The molecular formula is C40H56O4. The highest BCUT2D eigenvalue weighted by Crippen LogP contribution is 2.54. The van der Waals surface area contributed by atoms with Crippen molar-refractivity contribution in [3.05, 3.63) is 107 Å². The van der Waals surface area contributed by atoms with Crippen LogP contribution >= 0.6 is 0 Å². The molecule has 0 radical (unpaired) electrons. The number of hydrogen-bond acceptors (Lipinski definition) is 4. The van der Waals surface area contributed by atoms with E-state index >= 15 is 0 Å². The highest BCUT2D eigenvalue weighted by molar-refractivity contribution is 5.96. The van der Waals surface area contributed by atoms with Crippen molar-refractivity contribution in [2.45, 2.75) is 107 Å². The summed E-state index contributed by atoms with van der Waals surface area (Å²) in [6.45, 7) is 20.2. The van der Waals surface area contributed by atoms with E-state index in [1.54, 1.807) is 12.2 Å².